The third-order valence-electron chi connectivity index (χ3n) is 4.62. The van der Waals surface area contributed by atoms with Gasteiger partial charge in [0.1, 0.15) is 11.5 Å². The number of likely N-dealkylation sites (tertiary alicyclic amines) is 1. The molecule has 1 aliphatic rings. The van der Waals surface area contributed by atoms with E-state index in [1.807, 2.05) is 6.92 Å². The molecule has 1 N–H and O–H groups in total. The maximum Gasteiger partial charge on any atom is 0.295 e. The van der Waals surface area contributed by atoms with Crippen molar-refractivity contribution in [1.82, 2.24) is 4.90 Å². The number of hydrogen-bond donors (Lipinski definition) is 1. The molecule has 1 saturated heterocycles. The van der Waals surface area contributed by atoms with Crippen molar-refractivity contribution in [3.05, 3.63) is 68.7 Å². The number of hydrogen-bond acceptors (Lipinski definition) is 4. The lowest BCUT2D eigenvalue weighted by molar-refractivity contribution is -0.139. The van der Waals surface area contributed by atoms with E-state index in [2.05, 4.69) is 15.9 Å². The van der Waals surface area contributed by atoms with Crippen LogP contribution in [-0.2, 0) is 9.59 Å². The van der Waals surface area contributed by atoms with Gasteiger partial charge >= 0.3 is 0 Å². The van der Waals surface area contributed by atoms with Crippen molar-refractivity contribution >= 4 is 45.0 Å². The van der Waals surface area contributed by atoms with Crippen LogP contribution in [0.5, 0.6) is 5.75 Å². The molecule has 1 atom stereocenters. The van der Waals surface area contributed by atoms with Crippen molar-refractivity contribution < 1.29 is 19.4 Å². The Labute approximate surface area is 176 Å². The van der Waals surface area contributed by atoms with Crippen LogP contribution in [0.3, 0.4) is 0 Å². The first-order valence-corrected chi connectivity index (χ1v) is 9.94. The third-order valence-corrected chi connectivity index (χ3v) is 5.49. The number of methoxy groups -OCH3 is 1. The zero-order valence-corrected chi connectivity index (χ0v) is 17.8. The molecule has 146 valence electrons. The molecule has 0 aliphatic carbocycles. The van der Waals surface area contributed by atoms with Gasteiger partial charge in [-0.05, 0) is 58.2 Å². The van der Waals surface area contributed by atoms with Crippen LogP contribution in [0.4, 0.5) is 0 Å². The van der Waals surface area contributed by atoms with Gasteiger partial charge in [0.2, 0.25) is 0 Å². The lowest BCUT2D eigenvalue weighted by Gasteiger charge is -2.25. The minimum absolute atomic E-state index is 0.0674. The van der Waals surface area contributed by atoms with Gasteiger partial charge in [0.05, 0.1) is 23.2 Å². The van der Waals surface area contributed by atoms with E-state index in [4.69, 9.17) is 16.3 Å². The molecule has 2 aromatic carbocycles. The van der Waals surface area contributed by atoms with Gasteiger partial charge in [0.25, 0.3) is 11.7 Å². The molecule has 0 radical (unpaired) electrons. The number of aliphatic hydroxyl groups excluding tert-OH is 1. The molecule has 1 fully saturated rings. The molecule has 0 aromatic heterocycles. The fraction of sp³-hybridized carbons (Fsp3) is 0.238. The standard InChI is InChI=1S/C21H19BrClNO4/c1-3-10-24-18(12-4-7-14(23)8-5-12)17(20(26)21(24)27)19(25)13-6-9-16(28-2)15(22)11-13/h4-9,11,18,25H,3,10H2,1-2H3/b19-17-. The van der Waals surface area contributed by atoms with Gasteiger partial charge in [-0.1, -0.05) is 30.7 Å². The summed E-state index contributed by atoms with van der Waals surface area (Å²) in [6.07, 6.45) is 0.686. The van der Waals surface area contributed by atoms with E-state index in [-0.39, 0.29) is 11.3 Å². The van der Waals surface area contributed by atoms with Crippen molar-refractivity contribution in [2.45, 2.75) is 19.4 Å². The van der Waals surface area contributed by atoms with Crippen molar-refractivity contribution in [3.8, 4) is 5.75 Å². The average Bonchev–Trinajstić information content (AvgIpc) is 2.93. The van der Waals surface area contributed by atoms with E-state index in [1.54, 1.807) is 42.5 Å². The van der Waals surface area contributed by atoms with Gasteiger partial charge < -0.3 is 14.7 Å². The molecule has 28 heavy (non-hydrogen) atoms. The molecular formula is C21H19BrClNO4. The first-order valence-electron chi connectivity index (χ1n) is 8.76. The van der Waals surface area contributed by atoms with Crippen molar-refractivity contribution in [2.24, 2.45) is 0 Å². The third kappa shape index (κ3) is 3.66. The number of nitrogens with zero attached hydrogens (tertiary/aromatic N) is 1. The Morgan fingerprint density at radius 2 is 1.89 bits per heavy atom. The number of aliphatic hydroxyl groups is 1. The predicted octanol–water partition coefficient (Wildman–Crippen LogP) is 4.94. The zero-order chi connectivity index (χ0) is 20.4. The molecule has 0 saturated carbocycles. The number of carbonyl (C=O) groups is 2. The zero-order valence-electron chi connectivity index (χ0n) is 15.4. The van der Waals surface area contributed by atoms with Crippen LogP contribution in [0.2, 0.25) is 5.02 Å². The SMILES string of the molecule is CCCN1C(=O)C(=O)/C(=C(\O)c2ccc(OC)c(Br)c2)C1c1ccc(Cl)cc1. The van der Waals surface area contributed by atoms with Gasteiger partial charge in [0, 0.05) is 17.1 Å². The summed E-state index contributed by atoms with van der Waals surface area (Å²) in [5.74, 6) is -0.939. The van der Waals surface area contributed by atoms with Gasteiger partial charge in [-0.2, -0.15) is 0 Å². The Bertz CT molecular complexity index is 955. The highest BCUT2D eigenvalue weighted by Gasteiger charge is 2.45. The van der Waals surface area contributed by atoms with E-state index in [1.165, 1.54) is 12.0 Å². The number of rotatable bonds is 5. The van der Waals surface area contributed by atoms with Crippen molar-refractivity contribution in [2.75, 3.05) is 13.7 Å². The second-order valence-electron chi connectivity index (χ2n) is 6.39. The fourth-order valence-corrected chi connectivity index (χ4v) is 3.98. The van der Waals surface area contributed by atoms with Crippen LogP contribution in [0, 0.1) is 0 Å². The lowest BCUT2D eigenvalue weighted by atomic mass is 9.95. The number of halogens is 2. The monoisotopic (exact) mass is 463 g/mol. The van der Waals surface area contributed by atoms with Crippen LogP contribution in [-0.4, -0.2) is 35.4 Å². The van der Waals surface area contributed by atoms with Crippen LogP contribution in [0.15, 0.2) is 52.5 Å². The number of ether oxygens (including phenoxy) is 1. The van der Waals surface area contributed by atoms with E-state index in [9.17, 15) is 14.7 Å². The smallest absolute Gasteiger partial charge is 0.295 e. The van der Waals surface area contributed by atoms with Gasteiger partial charge in [-0.15, -0.1) is 0 Å². The largest absolute Gasteiger partial charge is 0.507 e. The molecule has 0 spiro atoms. The highest BCUT2D eigenvalue weighted by molar-refractivity contribution is 9.10. The van der Waals surface area contributed by atoms with Gasteiger partial charge in [-0.3, -0.25) is 9.59 Å². The number of ketones is 1. The lowest BCUT2D eigenvalue weighted by Crippen LogP contribution is -2.30. The summed E-state index contributed by atoms with van der Waals surface area (Å²) >= 11 is 9.37. The predicted molar refractivity (Wildman–Crippen MR) is 111 cm³/mol. The summed E-state index contributed by atoms with van der Waals surface area (Å²) in [6.45, 7) is 2.33. The van der Waals surface area contributed by atoms with E-state index in [0.717, 1.165) is 0 Å². The van der Waals surface area contributed by atoms with Crippen molar-refractivity contribution in [3.63, 3.8) is 0 Å². The van der Waals surface area contributed by atoms with Gasteiger partial charge in [-0.25, -0.2) is 0 Å². The normalized spacial score (nSPS) is 18.6. The Kier molecular flexibility index (Phi) is 6.10. The fourth-order valence-electron chi connectivity index (χ4n) is 3.31. The maximum atomic E-state index is 12.8. The highest BCUT2D eigenvalue weighted by atomic mass is 79.9. The summed E-state index contributed by atoms with van der Waals surface area (Å²) in [7, 11) is 1.54. The molecular weight excluding hydrogens is 446 g/mol. The number of carbonyl (C=O) groups excluding carboxylic acids is 2. The quantitative estimate of drug-likeness (QED) is 0.386. The first-order chi connectivity index (χ1) is 13.4. The Morgan fingerprint density at radius 1 is 1.21 bits per heavy atom. The van der Waals surface area contributed by atoms with Crippen LogP contribution in [0.25, 0.3) is 5.76 Å². The van der Waals surface area contributed by atoms with Crippen LogP contribution in [0.1, 0.15) is 30.5 Å². The summed E-state index contributed by atoms with van der Waals surface area (Å²) in [5.41, 5.74) is 1.20. The van der Waals surface area contributed by atoms with Crippen molar-refractivity contribution in [1.29, 1.82) is 0 Å². The minimum Gasteiger partial charge on any atom is -0.507 e. The van der Waals surface area contributed by atoms with Crippen LogP contribution >= 0.6 is 27.5 Å². The van der Waals surface area contributed by atoms with E-state index >= 15 is 0 Å². The average molecular weight is 465 g/mol. The molecule has 3 rings (SSSR count). The molecule has 1 heterocycles. The van der Waals surface area contributed by atoms with Gasteiger partial charge in [0.15, 0.2) is 0 Å². The molecule has 5 nitrogen and oxygen atoms in total. The minimum atomic E-state index is -0.696. The molecule has 7 heteroatoms. The number of amides is 1. The highest BCUT2D eigenvalue weighted by Crippen LogP contribution is 2.40. The molecule has 2 aromatic rings. The Balaban J connectivity index is 2.17. The summed E-state index contributed by atoms with van der Waals surface area (Å²) in [6, 6.07) is 11.2. The van der Waals surface area contributed by atoms with E-state index < -0.39 is 17.7 Å². The van der Waals surface area contributed by atoms with E-state index in [0.29, 0.717) is 39.3 Å². The molecule has 1 amide bonds. The summed E-state index contributed by atoms with van der Waals surface area (Å²) in [4.78, 5) is 26.9. The molecule has 1 aliphatic heterocycles. The Morgan fingerprint density at radius 3 is 2.46 bits per heavy atom. The maximum absolute atomic E-state index is 12.8. The first kappa shape index (κ1) is 20.4. The van der Waals surface area contributed by atoms with Crippen LogP contribution < -0.4 is 4.74 Å². The number of benzene rings is 2. The Hall–Kier alpha value is -2.31. The second-order valence-corrected chi connectivity index (χ2v) is 7.68. The summed E-state index contributed by atoms with van der Waals surface area (Å²) in [5, 5.41) is 11.5. The molecule has 0 bridgehead atoms. The summed E-state index contributed by atoms with van der Waals surface area (Å²) < 4.78 is 5.84. The second kappa shape index (κ2) is 8.37. The molecule has 1 unspecified atom stereocenters. The number of Topliss-reactive ketones (excluding diaryl/α,β-unsaturated/α-hetero) is 1. The topological polar surface area (TPSA) is 66.8 Å².